The molecule has 0 amide bonds. The predicted molar refractivity (Wildman–Crippen MR) is 161 cm³/mol. The van der Waals surface area contributed by atoms with E-state index in [1.165, 1.54) is 24.3 Å². The molecule has 0 aliphatic heterocycles. The Morgan fingerprint density at radius 2 is 0.976 bits per heavy atom. The van der Waals surface area contributed by atoms with Crippen LogP contribution in [0.2, 0.25) is 0 Å². The van der Waals surface area contributed by atoms with Gasteiger partial charge in [-0.1, -0.05) is 108 Å². The number of non-ortho nitro benzene ring substituents is 2. The molecule has 4 aromatic carbocycles. The average Bonchev–Trinajstić information content (AvgIpc) is 2.95. The molecule has 4 rings (SSSR count). The van der Waals surface area contributed by atoms with E-state index >= 15 is 0 Å². The zero-order valence-corrected chi connectivity index (χ0v) is 23.3. The standard InChI is InChI=1S/C32H28N2O6S/c1-23-9-15-27(16-10-23)31(19-13-25-5-3-7-29(21-25)33(35)36)41(39,40)32(28-17-11-24(2)12-18-28)20-14-26-6-4-8-30(22-26)34(37)38/h3-22,31-32H,1-2H3. The second kappa shape index (κ2) is 12.5. The molecular weight excluding hydrogens is 540 g/mol. The third kappa shape index (κ3) is 7.20. The van der Waals surface area contributed by atoms with E-state index in [0.717, 1.165) is 11.1 Å². The zero-order valence-electron chi connectivity index (χ0n) is 22.5. The Kier molecular flexibility index (Phi) is 8.89. The maximum Gasteiger partial charge on any atom is 0.270 e. The van der Waals surface area contributed by atoms with E-state index in [2.05, 4.69) is 0 Å². The number of nitrogens with zero attached hydrogens (tertiary/aromatic N) is 2. The fourth-order valence-corrected chi connectivity index (χ4v) is 6.36. The minimum atomic E-state index is -4.03. The third-order valence-corrected chi connectivity index (χ3v) is 8.88. The van der Waals surface area contributed by atoms with Crippen molar-refractivity contribution >= 4 is 33.4 Å². The van der Waals surface area contributed by atoms with Crippen LogP contribution in [0.25, 0.3) is 12.2 Å². The van der Waals surface area contributed by atoms with Gasteiger partial charge in [0.2, 0.25) is 0 Å². The first-order valence-corrected chi connectivity index (χ1v) is 14.4. The topological polar surface area (TPSA) is 120 Å². The van der Waals surface area contributed by atoms with Crippen molar-refractivity contribution in [1.29, 1.82) is 0 Å². The highest BCUT2D eigenvalue weighted by atomic mass is 32.2. The van der Waals surface area contributed by atoms with Crippen LogP contribution in [0.3, 0.4) is 0 Å². The van der Waals surface area contributed by atoms with Crippen LogP contribution in [0.1, 0.15) is 43.9 Å². The predicted octanol–water partition coefficient (Wildman–Crippen LogP) is 7.74. The van der Waals surface area contributed by atoms with Crippen molar-refractivity contribution in [2.24, 2.45) is 0 Å². The Hall–Kier alpha value is -4.89. The van der Waals surface area contributed by atoms with Gasteiger partial charge in [-0.3, -0.25) is 20.2 Å². The molecule has 208 valence electrons. The van der Waals surface area contributed by atoms with Crippen LogP contribution in [0.5, 0.6) is 0 Å². The van der Waals surface area contributed by atoms with Crippen molar-refractivity contribution in [2.75, 3.05) is 0 Å². The molecule has 8 nitrogen and oxygen atoms in total. The maximum absolute atomic E-state index is 14.5. The Balaban J connectivity index is 1.83. The van der Waals surface area contributed by atoms with E-state index in [1.807, 2.05) is 38.1 Å². The molecule has 0 spiro atoms. The van der Waals surface area contributed by atoms with E-state index in [0.29, 0.717) is 22.3 Å². The number of sulfone groups is 1. The Bertz CT molecular complexity index is 1600. The van der Waals surface area contributed by atoms with E-state index in [-0.39, 0.29) is 11.4 Å². The van der Waals surface area contributed by atoms with Crippen LogP contribution in [-0.4, -0.2) is 18.3 Å². The minimum absolute atomic E-state index is 0.0979. The summed E-state index contributed by atoms with van der Waals surface area (Å²) in [5.74, 6) is 0. The van der Waals surface area contributed by atoms with Crippen LogP contribution >= 0.6 is 0 Å². The van der Waals surface area contributed by atoms with Crippen LogP contribution in [0, 0.1) is 34.1 Å². The molecule has 0 aliphatic carbocycles. The van der Waals surface area contributed by atoms with E-state index < -0.39 is 30.2 Å². The maximum atomic E-state index is 14.5. The largest absolute Gasteiger partial charge is 0.270 e. The molecule has 2 unspecified atom stereocenters. The quantitative estimate of drug-likeness (QED) is 0.142. The summed E-state index contributed by atoms with van der Waals surface area (Å²) in [6, 6.07) is 26.3. The summed E-state index contributed by atoms with van der Waals surface area (Å²) in [5, 5.41) is 20.3. The van der Waals surface area contributed by atoms with Gasteiger partial charge < -0.3 is 0 Å². The normalized spacial score (nSPS) is 13.3. The minimum Gasteiger partial charge on any atom is -0.258 e. The van der Waals surface area contributed by atoms with Crippen LogP contribution in [0.15, 0.2) is 109 Å². The van der Waals surface area contributed by atoms with Gasteiger partial charge in [-0.25, -0.2) is 8.42 Å². The van der Waals surface area contributed by atoms with E-state index in [9.17, 15) is 28.6 Å². The molecule has 0 bridgehead atoms. The molecular formula is C32H28N2O6S. The molecule has 0 aliphatic rings. The van der Waals surface area contributed by atoms with Crippen molar-refractivity contribution in [1.82, 2.24) is 0 Å². The first-order chi connectivity index (χ1) is 19.5. The smallest absolute Gasteiger partial charge is 0.258 e. The molecule has 0 N–H and O–H groups in total. The zero-order chi connectivity index (χ0) is 29.6. The summed E-state index contributed by atoms with van der Waals surface area (Å²) < 4.78 is 29.0. The summed E-state index contributed by atoms with van der Waals surface area (Å²) >= 11 is 0. The molecule has 0 aromatic heterocycles. The molecule has 9 heteroatoms. The van der Waals surface area contributed by atoms with Gasteiger partial charge in [-0.2, -0.15) is 0 Å². The SMILES string of the molecule is Cc1ccc(C(C=Cc2cccc([N+](=O)[O-])c2)S(=O)(=O)C(C=Cc2cccc([N+](=O)[O-])c2)c2ccc(C)cc2)cc1. The second-order valence-electron chi connectivity index (χ2n) is 9.67. The third-order valence-electron chi connectivity index (χ3n) is 6.61. The van der Waals surface area contributed by atoms with Crippen molar-refractivity contribution < 1.29 is 18.3 Å². The van der Waals surface area contributed by atoms with E-state index in [4.69, 9.17) is 0 Å². The van der Waals surface area contributed by atoms with Crippen LogP contribution < -0.4 is 0 Å². The number of aryl methyl sites for hydroxylation is 2. The molecule has 41 heavy (non-hydrogen) atoms. The molecule has 0 fully saturated rings. The summed E-state index contributed by atoms with van der Waals surface area (Å²) in [6.07, 6.45) is 6.24. The van der Waals surface area contributed by atoms with Gasteiger partial charge >= 0.3 is 0 Å². The molecule has 0 radical (unpaired) electrons. The van der Waals surface area contributed by atoms with Gasteiger partial charge in [0.05, 0.1) is 9.85 Å². The lowest BCUT2D eigenvalue weighted by molar-refractivity contribution is -0.385. The second-order valence-corrected chi connectivity index (χ2v) is 11.9. The van der Waals surface area contributed by atoms with Crippen LogP contribution in [-0.2, 0) is 9.84 Å². The van der Waals surface area contributed by atoms with Gasteiger partial charge in [-0.15, -0.1) is 0 Å². The van der Waals surface area contributed by atoms with Gasteiger partial charge in [0, 0.05) is 24.3 Å². The van der Waals surface area contributed by atoms with Crippen molar-refractivity contribution in [3.63, 3.8) is 0 Å². The average molecular weight is 569 g/mol. The number of benzene rings is 4. The Morgan fingerprint density at radius 3 is 1.32 bits per heavy atom. The van der Waals surface area contributed by atoms with E-state index in [1.54, 1.807) is 72.8 Å². The highest BCUT2D eigenvalue weighted by molar-refractivity contribution is 7.92. The number of rotatable bonds is 10. The molecule has 4 aromatic rings. The van der Waals surface area contributed by atoms with Gasteiger partial charge in [0.15, 0.2) is 9.84 Å². The summed E-state index contributed by atoms with van der Waals surface area (Å²) in [7, 11) is -4.03. The summed E-state index contributed by atoms with van der Waals surface area (Å²) in [5.41, 5.74) is 3.80. The Labute approximate surface area is 238 Å². The highest BCUT2D eigenvalue weighted by Crippen LogP contribution is 2.37. The van der Waals surface area contributed by atoms with Crippen molar-refractivity contribution in [2.45, 2.75) is 24.3 Å². The first-order valence-electron chi connectivity index (χ1n) is 12.8. The fraction of sp³-hybridized carbons (Fsp3) is 0.125. The number of hydrogen-bond donors (Lipinski definition) is 0. The molecule has 2 atom stereocenters. The lowest BCUT2D eigenvalue weighted by atomic mass is 10.1. The molecule has 0 heterocycles. The van der Waals surface area contributed by atoms with Crippen LogP contribution in [0.4, 0.5) is 11.4 Å². The number of nitro benzene ring substituents is 2. The lowest BCUT2D eigenvalue weighted by Crippen LogP contribution is -2.19. The number of hydrogen-bond acceptors (Lipinski definition) is 6. The van der Waals surface area contributed by atoms with Gasteiger partial charge in [0.25, 0.3) is 11.4 Å². The Morgan fingerprint density at radius 1 is 0.610 bits per heavy atom. The lowest BCUT2D eigenvalue weighted by Gasteiger charge is -2.22. The highest BCUT2D eigenvalue weighted by Gasteiger charge is 2.33. The van der Waals surface area contributed by atoms with Crippen molar-refractivity contribution in [3.8, 4) is 0 Å². The monoisotopic (exact) mass is 568 g/mol. The fourth-order valence-electron chi connectivity index (χ4n) is 4.37. The molecule has 0 saturated carbocycles. The van der Waals surface area contributed by atoms with Gasteiger partial charge in [-0.05, 0) is 36.1 Å². The van der Waals surface area contributed by atoms with Crippen molar-refractivity contribution in [3.05, 3.63) is 163 Å². The summed E-state index contributed by atoms with van der Waals surface area (Å²) in [4.78, 5) is 21.5. The molecule has 0 saturated heterocycles. The first kappa shape index (κ1) is 29.1. The number of nitro groups is 2. The van der Waals surface area contributed by atoms with Gasteiger partial charge in [0.1, 0.15) is 10.5 Å². The summed E-state index contributed by atoms with van der Waals surface area (Å²) in [6.45, 7) is 3.81.